The topological polar surface area (TPSA) is 33.2 Å². The van der Waals surface area contributed by atoms with E-state index in [1.54, 1.807) is 12.4 Å². The minimum absolute atomic E-state index is 0.173. The molecule has 1 unspecified atom stereocenters. The van der Waals surface area contributed by atoms with Crippen molar-refractivity contribution in [2.45, 2.75) is 44.6 Å². The molecule has 4 heteroatoms. The van der Waals surface area contributed by atoms with Gasteiger partial charge in [-0.3, -0.25) is 9.78 Å². The quantitative estimate of drug-likeness (QED) is 0.838. The lowest BCUT2D eigenvalue weighted by Gasteiger charge is -2.36. The Labute approximate surface area is 142 Å². The van der Waals surface area contributed by atoms with E-state index < -0.39 is 0 Å². The van der Waals surface area contributed by atoms with Gasteiger partial charge < -0.3 is 4.90 Å². The number of hydrogen-bond acceptors (Lipinski definition) is 2. The van der Waals surface area contributed by atoms with Crippen LogP contribution in [-0.4, -0.2) is 27.9 Å². The van der Waals surface area contributed by atoms with E-state index in [1.807, 2.05) is 29.2 Å². The van der Waals surface area contributed by atoms with Gasteiger partial charge in [0, 0.05) is 30.9 Å². The standard InChI is InChI=1S/C20H23FN2O/c1-20(15-17-3-6-18(21)7-4-17)11-2-14-23(20)19(24)8-5-16-9-12-22-13-10-16/h3-4,6-7,9-10,12-13H,2,5,8,11,14-15H2,1H3. The van der Waals surface area contributed by atoms with Crippen LogP contribution in [0.1, 0.15) is 37.3 Å². The second-order valence-electron chi connectivity index (χ2n) is 6.80. The number of carbonyl (C=O) groups is 1. The summed E-state index contributed by atoms with van der Waals surface area (Å²) in [5.74, 6) is -0.0190. The Morgan fingerprint density at radius 3 is 2.58 bits per heavy atom. The zero-order valence-corrected chi connectivity index (χ0v) is 14.0. The van der Waals surface area contributed by atoms with Crippen molar-refractivity contribution in [1.82, 2.24) is 9.88 Å². The Bertz CT molecular complexity index is 687. The Morgan fingerprint density at radius 2 is 1.88 bits per heavy atom. The number of benzene rings is 1. The van der Waals surface area contributed by atoms with Crippen LogP contribution in [-0.2, 0) is 17.6 Å². The molecular weight excluding hydrogens is 303 g/mol. The fraction of sp³-hybridized carbons (Fsp3) is 0.400. The number of hydrogen-bond donors (Lipinski definition) is 0. The third-order valence-electron chi connectivity index (χ3n) is 4.92. The van der Waals surface area contributed by atoms with Crippen molar-refractivity contribution in [3.8, 4) is 0 Å². The summed E-state index contributed by atoms with van der Waals surface area (Å²) in [6, 6.07) is 10.5. The molecule has 126 valence electrons. The fourth-order valence-corrected chi connectivity index (χ4v) is 3.61. The number of aryl methyl sites for hydroxylation is 1. The molecule has 0 aliphatic carbocycles. The first-order valence-electron chi connectivity index (χ1n) is 8.51. The maximum Gasteiger partial charge on any atom is 0.223 e. The fourth-order valence-electron chi connectivity index (χ4n) is 3.61. The average molecular weight is 326 g/mol. The Morgan fingerprint density at radius 1 is 1.17 bits per heavy atom. The van der Waals surface area contributed by atoms with Gasteiger partial charge in [-0.05, 0) is 68.0 Å². The van der Waals surface area contributed by atoms with E-state index in [-0.39, 0.29) is 17.3 Å². The smallest absolute Gasteiger partial charge is 0.223 e. The molecule has 0 N–H and O–H groups in total. The Kier molecular flexibility index (Phi) is 4.93. The second-order valence-corrected chi connectivity index (χ2v) is 6.80. The molecule has 1 aromatic heterocycles. The van der Waals surface area contributed by atoms with E-state index >= 15 is 0 Å². The van der Waals surface area contributed by atoms with E-state index in [2.05, 4.69) is 11.9 Å². The molecule has 1 atom stereocenters. The van der Waals surface area contributed by atoms with Gasteiger partial charge in [0.15, 0.2) is 0 Å². The molecule has 1 aromatic carbocycles. The molecule has 1 aliphatic heterocycles. The summed E-state index contributed by atoms with van der Waals surface area (Å²) < 4.78 is 13.1. The van der Waals surface area contributed by atoms with Gasteiger partial charge >= 0.3 is 0 Å². The molecule has 2 heterocycles. The van der Waals surface area contributed by atoms with Crippen molar-refractivity contribution in [3.05, 3.63) is 65.7 Å². The zero-order valence-electron chi connectivity index (χ0n) is 14.0. The third-order valence-corrected chi connectivity index (χ3v) is 4.92. The van der Waals surface area contributed by atoms with Gasteiger partial charge in [-0.15, -0.1) is 0 Å². The largest absolute Gasteiger partial charge is 0.337 e. The van der Waals surface area contributed by atoms with Crippen molar-refractivity contribution in [2.24, 2.45) is 0 Å². The summed E-state index contributed by atoms with van der Waals surface area (Å²) in [4.78, 5) is 18.8. The minimum atomic E-state index is -0.222. The Hall–Kier alpha value is -2.23. The summed E-state index contributed by atoms with van der Waals surface area (Å²) in [6.45, 7) is 2.96. The molecule has 0 saturated carbocycles. The van der Waals surface area contributed by atoms with Crippen LogP contribution in [0.4, 0.5) is 4.39 Å². The summed E-state index contributed by atoms with van der Waals surface area (Å²) >= 11 is 0. The molecule has 0 bridgehead atoms. The Balaban J connectivity index is 1.65. The van der Waals surface area contributed by atoms with Crippen LogP contribution in [0.15, 0.2) is 48.8 Å². The van der Waals surface area contributed by atoms with Gasteiger partial charge in [0.1, 0.15) is 5.82 Å². The number of amides is 1. The van der Waals surface area contributed by atoms with Crippen LogP contribution >= 0.6 is 0 Å². The van der Waals surface area contributed by atoms with Crippen LogP contribution < -0.4 is 0 Å². The highest BCUT2D eigenvalue weighted by molar-refractivity contribution is 5.77. The van der Waals surface area contributed by atoms with E-state index in [0.29, 0.717) is 6.42 Å². The number of carbonyl (C=O) groups excluding carboxylic acids is 1. The van der Waals surface area contributed by atoms with Crippen LogP contribution in [0.25, 0.3) is 0 Å². The number of halogens is 1. The van der Waals surface area contributed by atoms with Crippen molar-refractivity contribution >= 4 is 5.91 Å². The number of nitrogens with zero attached hydrogens (tertiary/aromatic N) is 2. The first-order chi connectivity index (χ1) is 11.6. The average Bonchev–Trinajstić information content (AvgIpc) is 2.97. The summed E-state index contributed by atoms with van der Waals surface area (Å²) in [7, 11) is 0. The van der Waals surface area contributed by atoms with Crippen LogP contribution in [0.5, 0.6) is 0 Å². The molecule has 24 heavy (non-hydrogen) atoms. The number of aromatic nitrogens is 1. The molecule has 0 spiro atoms. The van der Waals surface area contributed by atoms with Gasteiger partial charge in [-0.2, -0.15) is 0 Å². The number of likely N-dealkylation sites (tertiary alicyclic amines) is 1. The first kappa shape index (κ1) is 16.6. The zero-order chi connectivity index (χ0) is 17.0. The van der Waals surface area contributed by atoms with Crippen molar-refractivity contribution in [1.29, 1.82) is 0 Å². The highest BCUT2D eigenvalue weighted by atomic mass is 19.1. The molecule has 3 nitrogen and oxygen atoms in total. The predicted molar refractivity (Wildman–Crippen MR) is 92.0 cm³/mol. The lowest BCUT2D eigenvalue weighted by Crippen LogP contribution is -2.46. The van der Waals surface area contributed by atoms with Crippen molar-refractivity contribution in [3.63, 3.8) is 0 Å². The highest BCUT2D eigenvalue weighted by Crippen LogP contribution is 2.33. The second kappa shape index (κ2) is 7.12. The van der Waals surface area contributed by atoms with E-state index in [4.69, 9.17) is 0 Å². The first-order valence-corrected chi connectivity index (χ1v) is 8.51. The lowest BCUT2D eigenvalue weighted by molar-refractivity contribution is -0.134. The molecule has 1 amide bonds. The monoisotopic (exact) mass is 326 g/mol. The van der Waals surface area contributed by atoms with Crippen molar-refractivity contribution in [2.75, 3.05) is 6.54 Å². The lowest BCUT2D eigenvalue weighted by atomic mass is 9.90. The van der Waals surface area contributed by atoms with Gasteiger partial charge in [0.25, 0.3) is 0 Å². The maximum atomic E-state index is 13.1. The summed E-state index contributed by atoms with van der Waals surface area (Å²) in [5, 5.41) is 0. The predicted octanol–water partition coefficient (Wildman–Crippen LogP) is 3.78. The van der Waals surface area contributed by atoms with Crippen molar-refractivity contribution < 1.29 is 9.18 Å². The summed E-state index contributed by atoms with van der Waals surface area (Å²) in [5.41, 5.74) is 2.04. The summed E-state index contributed by atoms with van der Waals surface area (Å²) in [6.07, 6.45) is 7.56. The van der Waals surface area contributed by atoms with E-state index in [1.165, 1.54) is 12.1 Å². The SMILES string of the molecule is CC1(Cc2ccc(F)cc2)CCCN1C(=O)CCc1ccncc1. The van der Waals surface area contributed by atoms with Gasteiger partial charge in [0.05, 0.1) is 0 Å². The van der Waals surface area contributed by atoms with Gasteiger partial charge in [-0.1, -0.05) is 12.1 Å². The maximum absolute atomic E-state index is 13.1. The van der Waals surface area contributed by atoms with E-state index in [0.717, 1.165) is 43.4 Å². The molecular formula is C20H23FN2O. The number of rotatable bonds is 5. The molecule has 1 saturated heterocycles. The molecule has 1 fully saturated rings. The highest BCUT2D eigenvalue weighted by Gasteiger charge is 2.39. The molecule has 2 aromatic rings. The van der Waals surface area contributed by atoms with Crippen LogP contribution in [0.2, 0.25) is 0 Å². The third kappa shape index (κ3) is 3.81. The van der Waals surface area contributed by atoms with E-state index in [9.17, 15) is 9.18 Å². The normalized spacial score (nSPS) is 20.3. The van der Waals surface area contributed by atoms with Crippen LogP contribution in [0, 0.1) is 5.82 Å². The molecule has 3 rings (SSSR count). The van der Waals surface area contributed by atoms with Gasteiger partial charge in [-0.25, -0.2) is 4.39 Å². The minimum Gasteiger partial charge on any atom is -0.337 e. The number of pyridine rings is 1. The van der Waals surface area contributed by atoms with Gasteiger partial charge in [0.2, 0.25) is 5.91 Å². The molecule has 0 radical (unpaired) electrons. The molecule has 1 aliphatic rings. The van der Waals surface area contributed by atoms with Crippen LogP contribution in [0.3, 0.4) is 0 Å².